The number of rotatable bonds is 6. The van der Waals surface area contributed by atoms with E-state index in [1.54, 1.807) is 17.0 Å². The lowest BCUT2D eigenvalue weighted by atomic mass is 10.1. The first kappa shape index (κ1) is 21.4. The highest BCUT2D eigenvalue weighted by molar-refractivity contribution is 7.89. The summed E-state index contributed by atoms with van der Waals surface area (Å²) >= 11 is 0. The van der Waals surface area contributed by atoms with E-state index >= 15 is 0 Å². The molecular weight excluding hydrogens is 390 g/mol. The smallest absolute Gasteiger partial charge is 0.264 e. The van der Waals surface area contributed by atoms with Gasteiger partial charge in [0.15, 0.2) is 0 Å². The highest BCUT2D eigenvalue weighted by Crippen LogP contribution is 2.17. The van der Waals surface area contributed by atoms with E-state index in [9.17, 15) is 13.2 Å². The van der Waals surface area contributed by atoms with Crippen molar-refractivity contribution >= 4 is 15.9 Å². The molecule has 0 bridgehead atoms. The molecule has 3 rings (SSSR count). The molecule has 1 aliphatic rings. The van der Waals surface area contributed by atoms with Gasteiger partial charge in [0.05, 0.1) is 38.2 Å². The number of quaternary nitrogens is 1. The number of benzene rings is 2. The number of hydroxylamine groups is 1. The molecule has 7 nitrogen and oxygen atoms in total. The van der Waals surface area contributed by atoms with Gasteiger partial charge in [-0.2, -0.15) is 0 Å². The summed E-state index contributed by atoms with van der Waals surface area (Å²) in [5.41, 5.74) is 2.93. The summed E-state index contributed by atoms with van der Waals surface area (Å²) < 4.78 is 25.6. The average molecular weight is 419 g/mol. The third kappa shape index (κ3) is 5.02. The van der Waals surface area contributed by atoms with E-state index < -0.39 is 10.0 Å². The number of hydrogen-bond acceptors (Lipinski definition) is 4. The molecule has 0 saturated carbocycles. The number of hydrogen-bond donors (Lipinski definition) is 1. The molecule has 8 heteroatoms. The number of aryl methyl sites for hydroxylation is 1. The molecule has 29 heavy (non-hydrogen) atoms. The Labute approximate surface area is 172 Å². The van der Waals surface area contributed by atoms with E-state index in [1.807, 2.05) is 0 Å². The number of sulfonamides is 1. The Hall–Kier alpha value is -2.26. The van der Waals surface area contributed by atoms with Crippen LogP contribution in [0.5, 0.6) is 0 Å². The molecule has 0 aromatic heterocycles. The van der Waals surface area contributed by atoms with Crippen LogP contribution in [0.4, 0.5) is 0 Å². The van der Waals surface area contributed by atoms with Crippen molar-refractivity contribution in [1.29, 1.82) is 0 Å². The molecule has 1 heterocycles. The fourth-order valence-electron chi connectivity index (χ4n) is 3.53. The summed E-state index contributed by atoms with van der Waals surface area (Å²) in [6, 6.07) is 14.6. The van der Waals surface area contributed by atoms with Gasteiger partial charge in [0.1, 0.15) is 6.54 Å². The van der Waals surface area contributed by atoms with Crippen molar-refractivity contribution in [2.24, 2.45) is 0 Å². The van der Waals surface area contributed by atoms with Gasteiger partial charge in [-0.15, -0.1) is 0 Å². The summed E-state index contributed by atoms with van der Waals surface area (Å²) in [4.78, 5) is 21.0. The minimum absolute atomic E-state index is 0.0383. The Balaban J connectivity index is 1.64. The predicted octanol–water partition coefficient (Wildman–Crippen LogP) is 0.718. The third-order valence-corrected chi connectivity index (χ3v) is 6.94. The Morgan fingerprint density at radius 3 is 2.48 bits per heavy atom. The zero-order valence-corrected chi connectivity index (χ0v) is 17.9. The Morgan fingerprint density at radius 1 is 1.14 bits per heavy atom. The highest BCUT2D eigenvalue weighted by atomic mass is 32.2. The van der Waals surface area contributed by atoms with E-state index in [0.717, 1.165) is 24.1 Å². The third-order valence-electron chi connectivity index (χ3n) is 5.27. The van der Waals surface area contributed by atoms with Crippen LogP contribution in [0.1, 0.15) is 21.5 Å². The minimum atomic E-state index is -3.79. The summed E-state index contributed by atoms with van der Waals surface area (Å²) in [5, 5.41) is 0. The first-order chi connectivity index (χ1) is 13.8. The molecule has 1 fully saturated rings. The number of piperazine rings is 1. The van der Waals surface area contributed by atoms with Crippen LogP contribution in [0.3, 0.4) is 0 Å². The van der Waals surface area contributed by atoms with Crippen molar-refractivity contribution in [3.05, 3.63) is 65.2 Å². The summed E-state index contributed by atoms with van der Waals surface area (Å²) in [6.07, 6.45) is 0. The van der Waals surface area contributed by atoms with Gasteiger partial charge in [0.25, 0.3) is 15.9 Å². The maximum Gasteiger partial charge on any atom is 0.264 e. The van der Waals surface area contributed by atoms with Gasteiger partial charge in [-0.25, -0.2) is 8.42 Å². The molecule has 0 radical (unpaired) electrons. The number of nitrogens with zero attached hydrogens (tertiary/aromatic N) is 2. The Morgan fingerprint density at radius 2 is 1.83 bits per heavy atom. The lowest BCUT2D eigenvalue weighted by molar-refractivity contribution is -0.917. The van der Waals surface area contributed by atoms with Crippen molar-refractivity contribution in [3.8, 4) is 0 Å². The van der Waals surface area contributed by atoms with Crippen LogP contribution in [0.2, 0.25) is 0 Å². The van der Waals surface area contributed by atoms with Crippen molar-refractivity contribution < 1.29 is 22.9 Å². The lowest BCUT2D eigenvalue weighted by Crippen LogP contribution is -3.13. The molecule has 1 N–H and O–H groups in total. The normalized spacial score (nSPS) is 15.7. The molecular formula is C21H28N3O4S+. The van der Waals surface area contributed by atoms with Gasteiger partial charge < -0.3 is 9.80 Å². The molecule has 1 amide bonds. The van der Waals surface area contributed by atoms with Gasteiger partial charge >= 0.3 is 0 Å². The van der Waals surface area contributed by atoms with Crippen molar-refractivity contribution in [2.45, 2.75) is 18.4 Å². The van der Waals surface area contributed by atoms with Gasteiger partial charge in [0, 0.05) is 18.2 Å². The molecule has 1 aliphatic heterocycles. The Bertz CT molecular complexity index is 969. The number of nitrogens with one attached hydrogen (secondary N) is 1. The second-order valence-corrected chi connectivity index (χ2v) is 9.27. The van der Waals surface area contributed by atoms with Crippen LogP contribution >= 0.6 is 0 Å². The highest BCUT2D eigenvalue weighted by Gasteiger charge is 2.27. The zero-order chi connectivity index (χ0) is 21.0. The molecule has 0 aliphatic carbocycles. The second-order valence-electron chi connectivity index (χ2n) is 7.33. The summed E-state index contributed by atoms with van der Waals surface area (Å²) in [5.74, 6) is -0.142. The van der Waals surface area contributed by atoms with Gasteiger partial charge in [0.2, 0.25) is 0 Å². The molecule has 2 aromatic rings. The van der Waals surface area contributed by atoms with Gasteiger partial charge in [-0.1, -0.05) is 40.4 Å². The minimum Gasteiger partial charge on any atom is -0.328 e. The fraction of sp³-hybridized carbons (Fsp3) is 0.381. The first-order valence-corrected chi connectivity index (χ1v) is 11.1. The predicted molar refractivity (Wildman–Crippen MR) is 110 cm³/mol. The standard InChI is InChI=1S/C21H27N3O4S/c1-17-6-4-7-18(14-17)16-23-10-12-24(13-11-23)21(25)19-8-5-9-20(15-19)29(26,27)22(2)28-3/h4-9,14-15H,10-13,16H2,1-3H3/p+1. The van der Waals surface area contributed by atoms with Crippen LogP contribution in [-0.4, -0.2) is 64.0 Å². The second kappa shape index (κ2) is 9.04. The van der Waals surface area contributed by atoms with Crippen LogP contribution in [0, 0.1) is 6.92 Å². The van der Waals surface area contributed by atoms with E-state index in [4.69, 9.17) is 4.84 Å². The first-order valence-electron chi connectivity index (χ1n) is 9.63. The van der Waals surface area contributed by atoms with E-state index in [-0.39, 0.29) is 10.8 Å². The van der Waals surface area contributed by atoms with E-state index in [2.05, 4.69) is 31.2 Å². The number of carbonyl (C=O) groups is 1. The summed E-state index contributed by atoms with van der Waals surface area (Å²) in [7, 11) is -1.18. The molecule has 0 atom stereocenters. The maximum atomic E-state index is 12.9. The quantitative estimate of drug-likeness (QED) is 0.702. The SMILES string of the molecule is CON(C)S(=O)(=O)c1cccc(C(=O)N2CC[NH+](Cc3cccc(C)c3)CC2)c1. The number of amides is 1. The van der Waals surface area contributed by atoms with Gasteiger partial charge in [-0.3, -0.25) is 9.63 Å². The van der Waals surface area contributed by atoms with Crippen molar-refractivity contribution in [3.63, 3.8) is 0 Å². The van der Waals surface area contributed by atoms with E-state index in [0.29, 0.717) is 18.7 Å². The molecule has 156 valence electrons. The van der Waals surface area contributed by atoms with Crippen molar-refractivity contribution in [2.75, 3.05) is 40.3 Å². The van der Waals surface area contributed by atoms with Gasteiger partial charge in [-0.05, 0) is 25.1 Å². The molecule has 2 aromatic carbocycles. The monoisotopic (exact) mass is 418 g/mol. The van der Waals surface area contributed by atoms with Crippen LogP contribution in [0.25, 0.3) is 0 Å². The molecule has 0 spiro atoms. The Kier molecular flexibility index (Phi) is 6.69. The fourth-order valence-corrected chi connectivity index (χ4v) is 4.55. The van der Waals surface area contributed by atoms with Crippen LogP contribution < -0.4 is 4.90 Å². The largest absolute Gasteiger partial charge is 0.328 e. The van der Waals surface area contributed by atoms with Crippen molar-refractivity contribution in [1.82, 2.24) is 9.37 Å². The topological polar surface area (TPSA) is 71.4 Å². The van der Waals surface area contributed by atoms with Crippen LogP contribution in [-0.2, 0) is 21.4 Å². The zero-order valence-electron chi connectivity index (χ0n) is 17.1. The molecule has 1 saturated heterocycles. The van der Waals surface area contributed by atoms with E-state index in [1.165, 1.54) is 42.3 Å². The lowest BCUT2D eigenvalue weighted by Gasteiger charge is -2.32. The maximum absolute atomic E-state index is 12.9. The summed E-state index contributed by atoms with van der Waals surface area (Å²) in [6.45, 7) is 6.06. The van der Waals surface area contributed by atoms with Crippen LogP contribution in [0.15, 0.2) is 53.4 Å². The average Bonchev–Trinajstić information content (AvgIpc) is 2.73. The number of carbonyl (C=O) groups excluding carboxylic acids is 1. The molecule has 0 unspecified atom stereocenters.